The van der Waals surface area contributed by atoms with E-state index in [0.29, 0.717) is 10.9 Å². The number of hydrogen-bond donors (Lipinski definition) is 1. The fraction of sp³-hybridized carbons (Fsp3) is 0.250. The Morgan fingerprint density at radius 3 is 2.30 bits per heavy atom. The largest absolute Gasteiger partial charge is 0.310 e. The van der Waals surface area contributed by atoms with Crippen LogP contribution in [0.1, 0.15) is 18.4 Å². The molecule has 0 bridgehead atoms. The predicted molar refractivity (Wildman–Crippen MR) is 76.8 cm³/mol. The molecule has 2 aromatic carbocycles. The van der Waals surface area contributed by atoms with Crippen molar-refractivity contribution in [3.63, 3.8) is 0 Å². The van der Waals surface area contributed by atoms with Gasteiger partial charge in [-0.05, 0) is 48.7 Å². The highest BCUT2D eigenvalue weighted by Gasteiger charge is 2.19. The van der Waals surface area contributed by atoms with Crippen LogP contribution < -0.4 is 5.32 Å². The zero-order chi connectivity index (χ0) is 13.9. The van der Waals surface area contributed by atoms with Crippen LogP contribution >= 0.6 is 11.8 Å². The highest BCUT2D eigenvalue weighted by Crippen LogP contribution is 2.29. The van der Waals surface area contributed by atoms with Gasteiger partial charge in [0.2, 0.25) is 0 Å². The maximum Gasteiger partial charge on any atom is 0.159 e. The van der Waals surface area contributed by atoms with Crippen LogP contribution in [-0.2, 0) is 6.54 Å². The lowest BCUT2D eigenvalue weighted by Gasteiger charge is -2.05. The van der Waals surface area contributed by atoms with Gasteiger partial charge in [0.15, 0.2) is 11.6 Å². The molecule has 0 aliphatic heterocycles. The average Bonchev–Trinajstić information content (AvgIpc) is 3.26. The normalized spacial score (nSPS) is 14.5. The van der Waals surface area contributed by atoms with Gasteiger partial charge in [-0.25, -0.2) is 8.78 Å². The van der Waals surface area contributed by atoms with Crippen LogP contribution in [0.4, 0.5) is 8.78 Å². The highest BCUT2D eigenvalue weighted by molar-refractivity contribution is 7.99. The molecule has 0 unspecified atom stereocenters. The van der Waals surface area contributed by atoms with E-state index in [1.807, 2.05) is 12.1 Å². The summed E-state index contributed by atoms with van der Waals surface area (Å²) >= 11 is 1.43. The number of nitrogens with one attached hydrogen (secondary N) is 1. The minimum absolute atomic E-state index is 0.700. The molecule has 0 heterocycles. The van der Waals surface area contributed by atoms with E-state index in [4.69, 9.17) is 0 Å². The topological polar surface area (TPSA) is 12.0 Å². The van der Waals surface area contributed by atoms with Crippen molar-refractivity contribution in [2.75, 3.05) is 0 Å². The number of benzene rings is 2. The van der Waals surface area contributed by atoms with Crippen molar-refractivity contribution >= 4 is 11.8 Å². The number of hydrogen-bond acceptors (Lipinski definition) is 2. The van der Waals surface area contributed by atoms with Gasteiger partial charge in [0.05, 0.1) is 0 Å². The number of rotatable bonds is 5. The van der Waals surface area contributed by atoms with Gasteiger partial charge in [-0.3, -0.25) is 0 Å². The van der Waals surface area contributed by atoms with Crippen LogP contribution in [0, 0.1) is 11.6 Å². The molecule has 1 aliphatic carbocycles. The second-order valence-corrected chi connectivity index (χ2v) is 6.12. The molecular weight excluding hydrogens is 276 g/mol. The maximum absolute atomic E-state index is 13.1. The van der Waals surface area contributed by atoms with Crippen LogP contribution in [0.5, 0.6) is 0 Å². The van der Waals surface area contributed by atoms with Gasteiger partial charge in [0, 0.05) is 22.4 Å². The minimum Gasteiger partial charge on any atom is -0.310 e. The van der Waals surface area contributed by atoms with Gasteiger partial charge >= 0.3 is 0 Å². The summed E-state index contributed by atoms with van der Waals surface area (Å²) in [6.45, 7) is 0.890. The van der Waals surface area contributed by atoms with E-state index in [9.17, 15) is 8.78 Å². The molecule has 2 aromatic rings. The standard InChI is InChI=1S/C16H15F2NS/c17-15-8-7-14(9-16(15)18)20-13-5-1-11(2-6-13)10-19-12-3-4-12/h1-2,5-9,12,19H,3-4,10H2. The Morgan fingerprint density at radius 2 is 1.65 bits per heavy atom. The van der Waals surface area contributed by atoms with Gasteiger partial charge < -0.3 is 5.32 Å². The highest BCUT2D eigenvalue weighted by atomic mass is 32.2. The summed E-state index contributed by atoms with van der Waals surface area (Å²) < 4.78 is 26.0. The molecule has 20 heavy (non-hydrogen) atoms. The lowest BCUT2D eigenvalue weighted by molar-refractivity contribution is 0.506. The van der Waals surface area contributed by atoms with Crippen LogP contribution in [0.15, 0.2) is 52.3 Å². The summed E-state index contributed by atoms with van der Waals surface area (Å²) in [5.74, 6) is -1.61. The first-order chi connectivity index (χ1) is 9.70. The molecular formula is C16H15F2NS. The van der Waals surface area contributed by atoms with Crippen LogP contribution in [0.2, 0.25) is 0 Å². The molecule has 1 aliphatic rings. The Labute approximate surface area is 121 Å². The summed E-state index contributed by atoms with van der Waals surface area (Å²) in [6.07, 6.45) is 2.56. The van der Waals surface area contributed by atoms with Crippen molar-refractivity contribution in [2.24, 2.45) is 0 Å². The SMILES string of the molecule is Fc1ccc(Sc2ccc(CNC3CC3)cc2)cc1F. The van der Waals surface area contributed by atoms with Crippen molar-refractivity contribution in [3.05, 3.63) is 59.7 Å². The zero-order valence-corrected chi connectivity index (χ0v) is 11.7. The van der Waals surface area contributed by atoms with E-state index in [1.165, 1.54) is 36.2 Å². The summed E-state index contributed by atoms with van der Waals surface area (Å²) in [5, 5.41) is 3.46. The Hall–Kier alpha value is -1.39. The molecule has 0 radical (unpaired) electrons. The van der Waals surface area contributed by atoms with Crippen molar-refractivity contribution in [3.8, 4) is 0 Å². The molecule has 3 rings (SSSR count). The Bertz CT molecular complexity index is 594. The predicted octanol–water partition coefficient (Wildman–Crippen LogP) is 4.37. The summed E-state index contributed by atoms with van der Waals surface area (Å²) in [4.78, 5) is 1.72. The van der Waals surface area contributed by atoms with Gasteiger partial charge in [-0.1, -0.05) is 23.9 Å². The summed E-state index contributed by atoms with van der Waals surface area (Å²) in [7, 11) is 0. The third kappa shape index (κ3) is 3.58. The first kappa shape index (κ1) is 13.6. The Kier molecular flexibility index (Phi) is 4.03. The molecule has 4 heteroatoms. The van der Waals surface area contributed by atoms with Crippen LogP contribution in [0.3, 0.4) is 0 Å². The van der Waals surface area contributed by atoms with Crippen molar-refractivity contribution in [2.45, 2.75) is 35.2 Å². The zero-order valence-electron chi connectivity index (χ0n) is 10.9. The van der Waals surface area contributed by atoms with E-state index in [2.05, 4.69) is 17.4 Å². The quantitative estimate of drug-likeness (QED) is 0.878. The molecule has 1 nitrogen and oxygen atoms in total. The maximum atomic E-state index is 13.1. The molecule has 0 spiro atoms. The van der Waals surface area contributed by atoms with Gasteiger partial charge in [0.25, 0.3) is 0 Å². The molecule has 1 fully saturated rings. The molecule has 0 atom stereocenters. The molecule has 104 valence electrons. The lowest BCUT2D eigenvalue weighted by atomic mass is 10.2. The van der Waals surface area contributed by atoms with Crippen molar-refractivity contribution < 1.29 is 8.78 Å². The second kappa shape index (κ2) is 5.94. The average molecular weight is 291 g/mol. The molecule has 0 aromatic heterocycles. The van der Waals surface area contributed by atoms with Crippen molar-refractivity contribution in [1.29, 1.82) is 0 Å². The van der Waals surface area contributed by atoms with Gasteiger partial charge in [0.1, 0.15) is 0 Å². The van der Waals surface area contributed by atoms with Gasteiger partial charge in [-0.15, -0.1) is 0 Å². The summed E-state index contributed by atoms with van der Waals surface area (Å²) in [5.41, 5.74) is 1.24. The minimum atomic E-state index is -0.809. The monoisotopic (exact) mass is 291 g/mol. The third-order valence-corrected chi connectivity index (χ3v) is 4.22. The summed E-state index contributed by atoms with van der Waals surface area (Å²) in [6, 6.07) is 12.8. The van der Waals surface area contributed by atoms with Gasteiger partial charge in [-0.2, -0.15) is 0 Å². The molecule has 1 saturated carbocycles. The molecule has 0 amide bonds. The van der Waals surface area contributed by atoms with Crippen LogP contribution in [0.25, 0.3) is 0 Å². The second-order valence-electron chi connectivity index (χ2n) is 4.98. The first-order valence-corrected chi connectivity index (χ1v) is 7.47. The van der Waals surface area contributed by atoms with E-state index in [0.717, 1.165) is 17.5 Å². The Morgan fingerprint density at radius 1 is 0.950 bits per heavy atom. The van der Waals surface area contributed by atoms with E-state index in [1.54, 1.807) is 6.07 Å². The fourth-order valence-electron chi connectivity index (χ4n) is 1.90. The molecule has 1 N–H and O–H groups in total. The van der Waals surface area contributed by atoms with E-state index in [-0.39, 0.29) is 0 Å². The number of halogens is 2. The molecule has 0 saturated heterocycles. The lowest BCUT2D eigenvalue weighted by Crippen LogP contribution is -2.14. The van der Waals surface area contributed by atoms with Crippen LogP contribution in [-0.4, -0.2) is 6.04 Å². The van der Waals surface area contributed by atoms with Crippen molar-refractivity contribution in [1.82, 2.24) is 5.32 Å². The fourth-order valence-corrected chi connectivity index (χ4v) is 2.74. The first-order valence-electron chi connectivity index (χ1n) is 6.66. The van der Waals surface area contributed by atoms with E-state index < -0.39 is 11.6 Å². The third-order valence-electron chi connectivity index (χ3n) is 3.22. The Balaban J connectivity index is 1.62. The smallest absolute Gasteiger partial charge is 0.159 e. The van der Waals surface area contributed by atoms with E-state index >= 15 is 0 Å².